The van der Waals surface area contributed by atoms with E-state index in [2.05, 4.69) is 18.8 Å². The maximum Gasteiger partial charge on any atom is 0.243 e. The lowest BCUT2D eigenvalue weighted by molar-refractivity contribution is 0.340. The SMILES string of the molecule is CCOc1ccc(-c2nc(CN(C)S(=O)(=O)c3ccc(CC(C)C)cc3)c(C)o2)cc1. The molecule has 0 atom stereocenters. The summed E-state index contributed by atoms with van der Waals surface area (Å²) >= 11 is 0. The maximum absolute atomic E-state index is 13.0. The van der Waals surface area contributed by atoms with Crippen molar-refractivity contribution in [3.63, 3.8) is 0 Å². The van der Waals surface area contributed by atoms with Crippen LogP contribution in [0.15, 0.2) is 57.8 Å². The largest absolute Gasteiger partial charge is 0.494 e. The molecule has 0 aliphatic heterocycles. The molecule has 3 aromatic rings. The third-order valence-corrected chi connectivity index (χ3v) is 6.77. The fraction of sp³-hybridized carbons (Fsp3) is 0.375. The first kappa shape index (κ1) is 23.0. The number of rotatable bonds is 9. The first-order valence-corrected chi connectivity index (χ1v) is 11.9. The number of sulfonamides is 1. The summed E-state index contributed by atoms with van der Waals surface area (Å²) in [6.07, 6.45) is 0.919. The van der Waals surface area contributed by atoms with Crippen LogP contribution in [-0.2, 0) is 23.0 Å². The molecule has 0 bridgehead atoms. The fourth-order valence-corrected chi connectivity index (χ4v) is 4.44. The van der Waals surface area contributed by atoms with E-state index in [0.717, 1.165) is 23.3 Å². The molecule has 0 spiro atoms. The monoisotopic (exact) mass is 442 g/mol. The lowest BCUT2D eigenvalue weighted by Gasteiger charge is -2.16. The van der Waals surface area contributed by atoms with Crippen LogP contribution in [0.5, 0.6) is 5.75 Å². The van der Waals surface area contributed by atoms with Gasteiger partial charge in [0, 0.05) is 12.6 Å². The lowest BCUT2D eigenvalue weighted by Crippen LogP contribution is -2.27. The van der Waals surface area contributed by atoms with Crippen molar-refractivity contribution in [1.29, 1.82) is 0 Å². The minimum atomic E-state index is -3.63. The van der Waals surface area contributed by atoms with Gasteiger partial charge in [-0.05, 0) is 68.1 Å². The molecule has 6 nitrogen and oxygen atoms in total. The predicted molar refractivity (Wildman–Crippen MR) is 121 cm³/mol. The summed E-state index contributed by atoms with van der Waals surface area (Å²) < 4.78 is 38.6. The van der Waals surface area contributed by atoms with Crippen LogP contribution in [0.2, 0.25) is 0 Å². The smallest absolute Gasteiger partial charge is 0.243 e. The summed E-state index contributed by atoms with van der Waals surface area (Å²) in [5, 5.41) is 0. The van der Waals surface area contributed by atoms with Gasteiger partial charge in [0.25, 0.3) is 0 Å². The Balaban J connectivity index is 1.75. The van der Waals surface area contributed by atoms with Crippen molar-refractivity contribution >= 4 is 10.0 Å². The van der Waals surface area contributed by atoms with Crippen LogP contribution < -0.4 is 4.74 Å². The minimum Gasteiger partial charge on any atom is -0.494 e. The van der Waals surface area contributed by atoms with Gasteiger partial charge in [0.05, 0.1) is 23.7 Å². The van der Waals surface area contributed by atoms with Crippen LogP contribution in [0.4, 0.5) is 0 Å². The number of hydrogen-bond acceptors (Lipinski definition) is 5. The molecule has 0 unspecified atom stereocenters. The Bertz CT molecular complexity index is 1100. The first-order valence-electron chi connectivity index (χ1n) is 10.5. The molecule has 1 aromatic heterocycles. The van der Waals surface area contributed by atoms with Crippen LogP contribution in [-0.4, -0.2) is 31.4 Å². The molecule has 0 fully saturated rings. The summed E-state index contributed by atoms with van der Waals surface area (Å²) in [6, 6.07) is 14.6. The van der Waals surface area contributed by atoms with Gasteiger partial charge in [-0.15, -0.1) is 0 Å². The highest BCUT2D eigenvalue weighted by atomic mass is 32.2. The Hall–Kier alpha value is -2.64. The normalized spacial score (nSPS) is 12.0. The predicted octanol–water partition coefficient (Wildman–Crippen LogP) is 5.07. The van der Waals surface area contributed by atoms with Crippen molar-refractivity contribution in [3.8, 4) is 17.2 Å². The van der Waals surface area contributed by atoms with E-state index in [1.165, 1.54) is 4.31 Å². The van der Waals surface area contributed by atoms with E-state index in [1.54, 1.807) is 26.1 Å². The highest BCUT2D eigenvalue weighted by Gasteiger charge is 2.23. The van der Waals surface area contributed by atoms with E-state index in [-0.39, 0.29) is 11.4 Å². The zero-order valence-corrected chi connectivity index (χ0v) is 19.6. The molecular formula is C24H30N2O4S. The van der Waals surface area contributed by atoms with Gasteiger partial charge in [0.15, 0.2) is 0 Å². The standard InChI is InChI=1S/C24H30N2O4S/c1-6-29-21-11-9-20(10-12-21)24-25-23(18(4)30-24)16-26(5)31(27,28)22-13-7-19(8-14-22)15-17(2)3/h7-14,17H,6,15-16H2,1-5H3. The molecule has 3 rings (SSSR count). The average Bonchev–Trinajstić information content (AvgIpc) is 3.09. The Morgan fingerprint density at radius 1 is 1.06 bits per heavy atom. The van der Waals surface area contributed by atoms with E-state index in [4.69, 9.17) is 9.15 Å². The van der Waals surface area contributed by atoms with Gasteiger partial charge in [0.1, 0.15) is 11.5 Å². The average molecular weight is 443 g/mol. The van der Waals surface area contributed by atoms with Crippen molar-refractivity contribution < 1.29 is 17.6 Å². The minimum absolute atomic E-state index is 0.127. The van der Waals surface area contributed by atoms with E-state index in [9.17, 15) is 8.42 Å². The number of aryl methyl sites for hydroxylation is 1. The molecule has 0 radical (unpaired) electrons. The molecule has 0 aliphatic rings. The summed E-state index contributed by atoms with van der Waals surface area (Å²) in [4.78, 5) is 4.81. The Morgan fingerprint density at radius 3 is 2.29 bits per heavy atom. The van der Waals surface area contributed by atoms with Gasteiger partial charge in [-0.1, -0.05) is 26.0 Å². The second-order valence-corrected chi connectivity index (χ2v) is 10.0. The van der Waals surface area contributed by atoms with E-state index < -0.39 is 10.0 Å². The third-order valence-electron chi connectivity index (χ3n) is 4.95. The van der Waals surface area contributed by atoms with Gasteiger partial charge in [0.2, 0.25) is 15.9 Å². The molecular weight excluding hydrogens is 412 g/mol. The zero-order valence-electron chi connectivity index (χ0n) is 18.8. The number of nitrogens with zero attached hydrogens (tertiary/aromatic N) is 2. The molecule has 7 heteroatoms. The Labute approximate surface area is 184 Å². The number of aromatic nitrogens is 1. The van der Waals surface area contributed by atoms with Crippen molar-refractivity contribution in [2.24, 2.45) is 5.92 Å². The number of benzene rings is 2. The second-order valence-electron chi connectivity index (χ2n) is 7.98. The topological polar surface area (TPSA) is 72.6 Å². The van der Waals surface area contributed by atoms with Crippen LogP contribution >= 0.6 is 0 Å². The van der Waals surface area contributed by atoms with Gasteiger partial charge < -0.3 is 9.15 Å². The first-order chi connectivity index (χ1) is 14.7. The summed E-state index contributed by atoms with van der Waals surface area (Å²) in [5.74, 6) is 2.35. The molecule has 0 N–H and O–H groups in total. The number of oxazole rings is 1. The van der Waals surface area contributed by atoms with Gasteiger partial charge in [-0.3, -0.25) is 0 Å². The molecule has 2 aromatic carbocycles. The van der Waals surface area contributed by atoms with Crippen LogP contribution in [0, 0.1) is 12.8 Å². The summed E-state index contributed by atoms with van der Waals surface area (Å²) in [6.45, 7) is 8.73. The summed E-state index contributed by atoms with van der Waals surface area (Å²) in [5.41, 5.74) is 2.53. The summed E-state index contributed by atoms with van der Waals surface area (Å²) in [7, 11) is -2.07. The van der Waals surface area contributed by atoms with Gasteiger partial charge in [-0.25, -0.2) is 13.4 Å². The van der Waals surface area contributed by atoms with Gasteiger partial charge in [-0.2, -0.15) is 4.31 Å². The highest BCUT2D eigenvalue weighted by molar-refractivity contribution is 7.89. The van der Waals surface area contributed by atoms with Crippen LogP contribution in [0.25, 0.3) is 11.5 Å². The molecule has 1 heterocycles. The molecule has 0 amide bonds. The number of hydrogen-bond donors (Lipinski definition) is 0. The maximum atomic E-state index is 13.0. The Kier molecular flexibility index (Phi) is 7.18. The highest BCUT2D eigenvalue weighted by Crippen LogP contribution is 2.26. The van der Waals surface area contributed by atoms with Crippen molar-refractivity contribution in [2.75, 3.05) is 13.7 Å². The van der Waals surface area contributed by atoms with Crippen LogP contribution in [0.1, 0.15) is 37.8 Å². The second kappa shape index (κ2) is 9.66. The van der Waals surface area contributed by atoms with Crippen LogP contribution in [0.3, 0.4) is 0 Å². The lowest BCUT2D eigenvalue weighted by atomic mass is 10.0. The molecule has 0 saturated carbocycles. The van der Waals surface area contributed by atoms with Crippen molar-refractivity contribution in [2.45, 2.75) is 45.6 Å². The Morgan fingerprint density at radius 2 is 1.71 bits per heavy atom. The van der Waals surface area contributed by atoms with Crippen molar-refractivity contribution in [1.82, 2.24) is 9.29 Å². The van der Waals surface area contributed by atoms with Crippen molar-refractivity contribution in [3.05, 3.63) is 65.5 Å². The molecule has 0 saturated heterocycles. The quantitative estimate of drug-likeness (QED) is 0.463. The molecule has 31 heavy (non-hydrogen) atoms. The third kappa shape index (κ3) is 5.54. The van der Waals surface area contributed by atoms with E-state index >= 15 is 0 Å². The molecule has 166 valence electrons. The zero-order chi connectivity index (χ0) is 22.6. The number of ether oxygens (including phenoxy) is 1. The van der Waals surface area contributed by atoms with Gasteiger partial charge >= 0.3 is 0 Å². The molecule has 0 aliphatic carbocycles. The van der Waals surface area contributed by atoms with E-state index in [1.807, 2.05) is 43.3 Å². The van der Waals surface area contributed by atoms with E-state index in [0.29, 0.717) is 29.9 Å². The fourth-order valence-electron chi connectivity index (χ4n) is 3.30.